The van der Waals surface area contributed by atoms with E-state index in [4.69, 9.17) is 9.47 Å². The molecule has 1 amide bonds. The summed E-state index contributed by atoms with van der Waals surface area (Å²) in [5.41, 5.74) is 1.17. The summed E-state index contributed by atoms with van der Waals surface area (Å²) < 4.78 is 55.3. The third-order valence-corrected chi connectivity index (χ3v) is 7.40. The molecule has 1 saturated heterocycles. The lowest BCUT2D eigenvalue weighted by molar-refractivity contribution is -0.138. The number of aromatic nitrogens is 2. The van der Waals surface area contributed by atoms with Gasteiger partial charge < -0.3 is 24.6 Å². The van der Waals surface area contributed by atoms with Crippen LogP contribution in [0.2, 0.25) is 0 Å². The first-order chi connectivity index (χ1) is 20.4. The number of carbonyl (C=O) groups excluding carboxylic acids is 2. The molecule has 12 heteroatoms. The van der Waals surface area contributed by atoms with Crippen LogP contribution in [0.4, 0.5) is 29.5 Å². The quantitative estimate of drug-likeness (QED) is 0.287. The second-order valence-electron chi connectivity index (χ2n) is 11.4. The molecule has 1 fully saturated rings. The number of piperazine rings is 1. The van der Waals surface area contributed by atoms with Gasteiger partial charge >= 0.3 is 12.1 Å². The molecular weight excluding hydrogens is 563 g/mol. The van der Waals surface area contributed by atoms with Gasteiger partial charge in [-0.3, -0.25) is 5.10 Å². The molecule has 0 spiro atoms. The molecular formula is C31H34F3N5O4. The molecule has 1 unspecified atom stereocenters. The van der Waals surface area contributed by atoms with Crippen LogP contribution in [0.25, 0.3) is 5.70 Å². The number of fused-ring (bicyclic) bond motifs is 1. The molecule has 43 heavy (non-hydrogen) atoms. The molecule has 1 aromatic heterocycles. The Labute approximate surface area is 247 Å². The number of nitrogens with one attached hydrogen (secondary N) is 2. The van der Waals surface area contributed by atoms with E-state index in [2.05, 4.69) is 20.4 Å². The average Bonchev–Trinajstić information content (AvgIpc) is 3.34. The van der Waals surface area contributed by atoms with Gasteiger partial charge in [0.1, 0.15) is 11.4 Å². The predicted octanol–water partition coefficient (Wildman–Crippen LogP) is 5.72. The van der Waals surface area contributed by atoms with E-state index in [0.717, 1.165) is 11.8 Å². The van der Waals surface area contributed by atoms with Gasteiger partial charge in [-0.2, -0.15) is 5.10 Å². The highest BCUT2D eigenvalue weighted by Gasteiger charge is 2.39. The van der Waals surface area contributed by atoms with Crippen molar-refractivity contribution >= 4 is 29.3 Å². The lowest BCUT2D eigenvalue weighted by Crippen LogP contribution is -2.50. The van der Waals surface area contributed by atoms with Crippen molar-refractivity contribution in [1.29, 1.82) is 0 Å². The Balaban J connectivity index is 1.51. The van der Waals surface area contributed by atoms with Crippen molar-refractivity contribution in [2.24, 2.45) is 0 Å². The Morgan fingerprint density at radius 1 is 1.00 bits per heavy atom. The van der Waals surface area contributed by atoms with Gasteiger partial charge in [-0.15, -0.1) is 0 Å². The minimum Gasteiger partial charge on any atom is -0.463 e. The van der Waals surface area contributed by atoms with Crippen molar-refractivity contribution in [3.05, 3.63) is 81.8 Å². The molecule has 2 N–H and O–H groups in total. The first-order valence-electron chi connectivity index (χ1n) is 14.1. The molecule has 9 nitrogen and oxygen atoms in total. The van der Waals surface area contributed by atoms with Crippen LogP contribution < -0.4 is 10.2 Å². The van der Waals surface area contributed by atoms with E-state index in [1.807, 2.05) is 45.0 Å². The number of anilines is 2. The zero-order valence-electron chi connectivity index (χ0n) is 24.7. The summed E-state index contributed by atoms with van der Waals surface area (Å²) in [4.78, 5) is 29.7. The van der Waals surface area contributed by atoms with Gasteiger partial charge in [-0.05, 0) is 64.4 Å². The summed E-state index contributed by atoms with van der Waals surface area (Å²) in [5, 5.41) is 9.98. The fraction of sp³-hybridized carbons (Fsp3) is 0.387. The lowest BCUT2D eigenvalue weighted by atomic mass is 9.80. The third-order valence-electron chi connectivity index (χ3n) is 7.40. The molecule has 0 radical (unpaired) electrons. The summed E-state index contributed by atoms with van der Waals surface area (Å²) in [6.07, 6.45) is -0.347. The van der Waals surface area contributed by atoms with Gasteiger partial charge in [0, 0.05) is 49.0 Å². The van der Waals surface area contributed by atoms with E-state index in [9.17, 15) is 14.0 Å². The molecule has 5 rings (SSSR count). The van der Waals surface area contributed by atoms with Crippen molar-refractivity contribution in [3.63, 3.8) is 0 Å². The van der Waals surface area contributed by atoms with Crippen LogP contribution in [0.1, 0.15) is 56.0 Å². The molecule has 0 bridgehead atoms. The molecule has 1 atom stereocenters. The molecule has 0 aliphatic carbocycles. The van der Waals surface area contributed by atoms with Crippen LogP contribution in [-0.4, -0.2) is 65.5 Å². The number of esters is 1. The van der Waals surface area contributed by atoms with Crippen molar-refractivity contribution in [2.45, 2.75) is 46.1 Å². The Bertz CT molecular complexity index is 1570. The zero-order valence-corrected chi connectivity index (χ0v) is 24.7. The maximum atomic E-state index is 15.1. The van der Waals surface area contributed by atoms with E-state index in [1.54, 1.807) is 18.7 Å². The molecule has 3 aromatic rings. The zero-order chi connectivity index (χ0) is 31.1. The summed E-state index contributed by atoms with van der Waals surface area (Å²) in [6.45, 7) is 11.1. The molecule has 2 aliphatic rings. The van der Waals surface area contributed by atoms with E-state index in [-0.39, 0.29) is 29.8 Å². The predicted molar refractivity (Wildman–Crippen MR) is 155 cm³/mol. The van der Waals surface area contributed by atoms with Gasteiger partial charge in [0.25, 0.3) is 0 Å². The second kappa shape index (κ2) is 11.7. The van der Waals surface area contributed by atoms with E-state index in [0.29, 0.717) is 49.1 Å². The molecule has 0 saturated carbocycles. The number of aromatic amines is 1. The fourth-order valence-electron chi connectivity index (χ4n) is 5.43. The summed E-state index contributed by atoms with van der Waals surface area (Å²) in [7, 11) is 0. The van der Waals surface area contributed by atoms with Crippen molar-refractivity contribution < 1.29 is 32.2 Å². The van der Waals surface area contributed by atoms with Gasteiger partial charge in [-0.1, -0.05) is 12.1 Å². The van der Waals surface area contributed by atoms with Crippen LogP contribution in [0.5, 0.6) is 0 Å². The number of H-pyrrole nitrogens is 1. The Kier molecular flexibility index (Phi) is 8.13. The van der Waals surface area contributed by atoms with Gasteiger partial charge in [0.2, 0.25) is 0 Å². The standard InChI is InChI=1S/C31H34F3N5O4/c1-6-42-29(40)25-23(22-17(2)36-37-28(22)35-27(25)24-20(32)11-12-21(33)26(24)34)18-7-9-19(10-8-18)38-13-15-39(16-14-38)30(41)43-31(3,4)5/h7-12,23H,6,13-16H2,1-5H3,(H2,35,36,37). The molecule has 228 valence electrons. The van der Waals surface area contributed by atoms with Crippen molar-refractivity contribution in [3.8, 4) is 0 Å². The maximum absolute atomic E-state index is 15.1. The van der Waals surface area contributed by atoms with Crippen molar-refractivity contribution in [1.82, 2.24) is 15.1 Å². The Hall–Kier alpha value is -4.48. The van der Waals surface area contributed by atoms with Crippen molar-refractivity contribution in [2.75, 3.05) is 43.0 Å². The SMILES string of the molecule is CCOC(=O)C1=C(c2c(F)ccc(F)c2F)Nc2n[nH]c(C)c2C1c1ccc(N2CCN(C(=O)OC(C)(C)C)CC2)cc1. The first kappa shape index (κ1) is 30.0. The monoisotopic (exact) mass is 597 g/mol. The number of aryl methyl sites for hydroxylation is 1. The van der Waals surface area contributed by atoms with Crippen LogP contribution in [0, 0.1) is 24.4 Å². The van der Waals surface area contributed by atoms with E-state index >= 15 is 8.78 Å². The summed E-state index contributed by atoms with van der Waals surface area (Å²) in [6, 6.07) is 8.94. The van der Waals surface area contributed by atoms with Crippen LogP contribution in [-0.2, 0) is 14.3 Å². The summed E-state index contributed by atoms with van der Waals surface area (Å²) in [5.74, 6) is -5.10. The number of hydrogen-bond donors (Lipinski definition) is 2. The molecule has 2 aliphatic heterocycles. The highest BCUT2D eigenvalue weighted by atomic mass is 19.2. The number of hydrogen-bond acceptors (Lipinski definition) is 7. The normalized spacial score (nSPS) is 17.0. The van der Waals surface area contributed by atoms with Gasteiger partial charge in [-0.25, -0.2) is 22.8 Å². The van der Waals surface area contributed by atoms with E-state index in [1.165, 1.54) is 0 Å². The number of nitrogens with zero attached hydrogens (tertiary/aromatic N) is 3. The number of rotatable bonds is 5. The number of carbonyl (C=O) groups is 2. The highest BCUT2D eigenvalue weighted by molar-refractivity contribution is 6.04. The van der Waals surface area contributed by atoms with E-state index < -0.39 is 40.5 Å². The topological polar surface area (TPSA) is 99.8 Å². The molecule has 2 aromatic carbocycles. The third kappa shape index (κ3) is 5.91. The average molecular weight is 598 g/mol. The second-order valence-corrected chi connectivity index (χ2v) is 11.4. The van der Waals surface area contributed by atoms with Crippen LogP contribution >= 0.6 is 0 Å². The fourth-order valence-corrected chi connectivity index (χ4v) is 5.43. The number of amides is 1. The van der Waals surface area contributed by atoms with Crippen LogP contribution in [0.3, 0.4) is 0 Å². The smallest absolute Gasteiger partial charge is 0.410 e. The number of halogens is 3. The minimum absolute atomic E-state index is 0.0158. The Morgan fingerprint density at radius 3 is 2.28 bits per heavy atom. The minimum atomic E-state index is -1.43. The summed E-state index contributed by atoms with van der Waals surface area (Å²) >= 11 is 0. The first-order valence-corrected chi connectivity index (χ1v) is 14.1. The maximum Gasteiger partial charge on any atom is 0.410 e. The Morgan fingerprint density at radius 2 is 1.65 bits per heavy atom. The van der Waals surface area contributed by atoms with Crippen LogP contribution in [0.15, 0.2) is 42.0 Å². The number of ether oxygens (including phenoxy) is 2. The lowest BCUT2D eigenvalue weighted by Gasteiger charge is -2.37. The van der Waals surface area contributed by atoms with Gasteiger partial charge in [0.05, 0.1) is 23.4 Å². The highest BCUT2D eigenvalue weighted by Crippen LogP contribution is 2.46. The molecule has 3 heterocycles. The largest absolute Gasteiger partial charge is 0.463 e. The van der Waals surface area contributed by atoms with Gasteiger partial charge in [0.15, 0.2) is 17.5 Å². The number of benzene rings is 2.